The molecule has 2 aliphatic heterocycles. The molecule has 2 aliphatic rings. The third-order valence-electron chi connectivity index (χ3n) is 6.77. The van der Waals surface area contributed by atoms with E-state index < -0.39 is 0 Å². The maximum Gasteiger partial charge on any atom is 0.294 e. The van der Waals surface area contributed by atoms with Gasteiger partial charge in [0.2, 0.25) is 0 Å². The van der Waals surface area contributed by atoms with E-state index in [4.69, 9.17) is 4.74 Å². The number of aromatic nitrogens is 2. The third kappa shape index (κ3) is 3.41. The van der Waals surface area contributed by atoms with Crippen LogP contribution in [0.1, 0.15) is 42.9 Å². The van der Waals surface area contributed by atoms with Crippen LogP contribution in [-0.4, -0.2) is 48.0 Å². The van der Waals surface area contributed by atoms with Crippen LogP contribution in [-0.2, 0) is 9.53 Å². The second-order valence-corrected chi connectivity index (χ2v) is 8.64. The molecule has 1 atom stereocenters. The molecule has 5 rings (SSSR count). The summed E-state index contributed by atoms with van der Waals surface area (Å²) in [5.74, 6) is 0.929. The minimum absolute atomic E-state index is 0.108. The van der Waals surface area contributed by atoms with E-state index in [1.807, 2.05) is 30.0 Å². The Morgan fingerprint density at radius 2 is 1.77 bits per heavy atom. The van der Waals surface area contributed by atoms with Gasteiger partial charge in [-0.3, -0.25) is 9.69 Å². The topological polar surface area (TPSA) is 61.5 Å². The zero-order valence-electron chi connectivity index (χ0n) is 18.3. The Labute approximate surface area is 182 Å². The number of carbonyl (C=O) groups is 1. The number of fused-ring (bicyclic) bond motifs is 1. The van der Waals surface area contributed by atoms with Crippen LogP contribution in [0.15, 0.2) is 60.1 Å². The van der Waals surface area contributed by atoms with Crippen molar-refractivity contribution < 1.29 is 9.53 Å². The van der Waals surface area contributed by atoms with Crippen molar-refractivity contribution in [1.82, 2.24) is 14.9 Å². The highest BCUT2D eigenvalue weighted by Crippen LogP contribution is 2.42. The molecule has 1 fully saturated rings. The second kappa shape index (κ2) is 7.85. The van der Waals surface area contributed by atoms with Crippen molar-refractivity contribution in [1.29, 1.82) is 0 Å². The molecular formula is C25H28N4O2. The number of amides is 1. The molecule has 0 saturated carbocycles. The van der Waals surface area contributed by atoms with Gasteiger partial charge < -0.3 is 14.6 Å². The van der Waals surface area contributed by atoms with Gasteiger partial charge in [-0.2, -0.15) is 0 Å². The smallest absolute Gasteiger partial charge is 0.294 e. The lowest BCUT2D eigenvalue weighted by atomic mass is 9.88. The van der Waals surface area contributed by atoms with E-state index in [1.54, 1.807) is 13.4 Å². The predicted molar refractivity (Wildman–Crippen MR) is 122 cm³/mol. The first-order valence-corrected chi connectivity index (χ1v) is 10.9. The number of methoxy groups -OCH3 is 1. The summed E-state index contributed by atoms with van der Waals surface area (Å²) in [6.45, 7) is 4.28. The minimum Gasteiger partial charge on any atom is -0.491 e. The lowest BCUT2D eigenvalue weighted by Gasteiger charge is -2.30. The molecule has 160 valence electrons. The van der Waals surface area contributed by atoms with E-state index >= 15 is 0 Å². The Balaban J connectivity index is 1.50. The summed E-state index contributed by atoms with van der Waals surface area (Å²) in [5, 5.41) is 0. The van der Waals surface area contributed by atoms with E-state index in [2.05, 4.69) is 46.2 Å². The van der Waals surface area contributed by atoms with Crippen LogP contribution < -0.4 is 4.90 Å². The summed E-state index contributed by atoms with van der Waals surface area (Å²) in [6, 6.07) is 14.5. The third-order valence-corrected chi connectivity index (χ3v) is 6.77. The monoisotopic (exact) mass is 416 g/mol. The van der Waals surface area contributed by atoms with Gasteiger partial charge in [0.05, 0.1) is 30.5 Å². The Morgan fingerprint density at radius 3 is 2.48 bits per heavy atom. The van der Waals surface area contributed by atoms with E-state index in [-0.39, 0.29) is 11.9 Å². The summed E-state index contributed by atoms with van der Waals surface area (Å²) < 4.78 is 5.50. The Morgan fingerprint density at radius 1 is 1.06 bits per heavy atom. The van der Waals surface area contributed by atoms with Crippen LogP contribution >= 0.6 is 0 Å². The standard InChI is InChI=1S/C25H28N4O2/c1-16-23(19-6-4-17(5-7-19)18-10-12-28(2)13-11-18)29(25(30)24(16)31-3)20-8-9-21-22(14-20)27-15-26-21/h4-9,14-15,18,23H,10-13H2,1-3H3,(H,26,27). The van der Waals surface area contributed by atoms with Gasteiger partial charge in [-0.25, -0.2) is 4.98 Å². The van der Waals surface area contributed by atoms with Gasteiger partial charge in [0, 0.05) is 11.3 Å². The van der Waals surface area contributed by atoms with E-state index in [1.165, 1.54) is 18.4 Å². The van der Waals surface area contributed by atoms with Crippen molar-refractivity contribution in [2.75, 3.05) is 32.1 Å². The van der Waals surface area contributed by atoms with Crippen molar-refractivity contribution in [3.63, 3.8) is 0 Å². The van der Waals surface area contributed by atoms with Gasteiger partial charge in [-0.1, -0.05) is 24.3 Å². The molecule has 2 aromatic carbocycles. The number of piperidine rings is 1. The fraction of sp³-hybridized carbons (Fsp3) is 0.360. The van der Waals surface area contributed by atoms with E-state index in [9.17, 15) is 4.79 Å². The number of H-pyrrole nitrogens is 1. The number of ether oxygens (including phenoxy) is 1. The maximum absolute atomic E-state index is 13.3. The van der Waals surface area contributed by atoms with Crippen LogP contribution in [0.2, 0.25) is 0 Å². The summed E-state index contributed by atoms with van der Waals surface area (Å²) in [7, 11) is 3.76. The molecule has 0 aliphatic carbocycles. The predicted octanol–water partition coefficient (Wildman–Crippen LogP) is 4.38. The van der Waals surface area contributed by atoms with Crippen LogP contribution in [0.3, 0.4) is 0 Å². The molecule has 6 nitrogen and oxygen atoms in total. The molecule has 1 N–H and O–H groups in total. The number of hydrogen-bond acceptors (Lipinski definition) is 4. The van der Waals surface area contributed by atoms with Crippen LogP contribution in [0, 0.1) is 0 Å². The molecular weight excluding hydrogens is 388 g/mol. The number of anilines is 1. The zero-order chi connectivity index (χ0) is 21.5. The molecule has 1 amide bonds. The molecule has 6 heteroatoms. The molecule has 3 aromatic rings. The highest BCUT2D eigenvalue weighted by Gasteiger charge is 2.40. The first kappa shape index (κ1) is 19.8. The van der Waals surface area contributed by atoms with Crippen molar-refractivity contribution >= 4 is 22.6 Å². The van der Waals surface area contributed by atoms with Gasteiger partial charge in [0.25, 0.3) is 5.91 Å². The molecule has 3 heterocycles. The zero-order valence-corrected chi connectivity index (χ0v) is 18.3. The lowest BCUT2D eigenvalue weighted by Crippen LogP contribution is -2.30. The minimum atomic E-state index is -0.186. The van der Waals surface area contributed by atoms with Gasteiger partial charge in [0.15, 0.2) is 5.76 Å². The van der Waals surface area contributed by atoms with Crippen molar-refractivity contribution in [3.8, 4) is 0 Å². The van der Waals surface area contributed by atoms with E-state index in [0.29, 0.717) is 11.7 Å². The Hall–Kier alpha value is -3.12. The fourth-order valence-electron chi connectivity index (χ4n) is 4.99. The summed E-state index contributed by atoms with van der Waals surface area (Å²) in [4.78, 5) is 24.9. The highest BCUT2D eigenvalue weighted by molar-refractivity contribution is 6.09. The number of aromatic amines is 1. The summed E-state index contributed by atoms with van der Waals surface area (Å²) in [6.07, 6.45) is 4.06. The average Bonchev–Trinajstić information content (AvgIpc) is 3.35. The molecule has 31 heavy (non-hydrogen) atoms. The number of nitrogens with one attached hydrogen (secondary N) is 1. The molecule has 0 radical (unpaired) electrons. The van der Waals surface area contributed by atoms with Crippen molar-refractivity contribution in [3.05, 3.63) is 71.3 Å². The number of imidazole rings is 1. The van der Waals surface area contributed by atoms with Crippen molar-refractivity contribution in [2.24, 2.45) is 0 Å². The van der Waals surface area contributed by atoms with Crippen LogP contribution in [0.25, 0.3) is 11.0 Å². The van der Waals surface area contributed by atoms with E-state index in [0.717, 1.165) is 40.9 Å². The van der Waals surface area contributed by atoms with Gasteiger partial charge in [0.1, 0.15) is 0 Å². The number of nitrogens with zero attached hydrogens (tertiary/aromatic N) is 3. The number of rotatable bonds is 4. The molecule has 1 aromatic heterocycles. The highest BCUT2D eigenvalue weighted by atomic mass is 16.5. The molecule has 0 bridgehead atoms. The Bertz CT molecular complexity index is 1140. The largest absolute Gasteiger partial charge is 0.491 e. The van der Waals surface area contributed by atoms with Gasteiger partial charge in [-0.05, 0) is 75.1 Å². The quantitative estimate of drug-likeness (QED) is 0.686. The summed E-state index contributed by atoms with van der Waals surface area (Å²) >= 11 is 0. The van der Waals surface area contributed by atoms with Crippen molar-refractivity contribution in [2.45, 2.75) is 31.7 Å². The first-order chi connectivity index (χ1) is 15.1. The second-order valence-electron chi connectivity index (χ2n) is 8.64. The van der Waals surface area contributed by atoms with Crippen LogP contribution in [0.5, 0.6) is 0 Å². The number of hydrogen-bond donors (Lipinski definition) is 1. The average molecular weight is 417 g/mol. The number of benzene rings is 2. The molecule has 1 unspecified atom stereocenters. The fourth-order valence-corrected chi connectivity index (χ4v) is 4.99. The first-order valence-electron chi connectivity index (χ1n) is 10.9. The van der Waals surface area contributed by atoms with Gasteiger partial charge >= 0.3 is 0 Å². The molecule has 0 spiro atoms. The SMILES string of the molecule is COC1=C(C)C(c2ccc(C3CCN(C)CC3)cc2)N(c2ccc3nc[nH]c3c2)C1=O. The summed E-state index contributed by atoms with van der Waals surface area (Å²) in [5.41, 5.74) is 6.04. The Kier molecular flexibility index (Phi) is 5.02. The van der Waals surface area contributed by atoms with Gasteiger partial charge in [-0.15, -0.1) is 0 Å². The van der Waals surface area contributed by atoms with Crippen LogP contribution in [0.4, 0.5) is 5.69 Å². The maximum atomic E-state index is 13.3. The normalized spacial score (nSPS) is 20.8. The molecule has 1 saturated heterocycles. The lowest BCUT2D eigenvalue weighted by molar-refractivity contribution is -0.117. The number of likely N-dealkylation sites (tertiary alicyclic amines) is 1. The number of carbonyl (C=O) groups excluding carboxylic acids is 1.